The molecule has 0 spiro atoms. The van der Waals surface area contributed by atoms with Gasteiger partial charge in [0.1, 0.15) is 0 Å². The molecule has 2 nitrogen and oxygen atoms in total. The van der Waals surface area contributed by atoms with Crippen molar-refractivity contribution in [2.75, 3.05) is 20.1 Å². The first kappa shape index (κ1) is 15.3. The van der Waals surface area contributed by atoms with Crippen molar-refractivity contribution in [3.8, 4) is 0 Å². The summed E-state index contributed by atoms with van der Waals surface area (Å²) in [7, 11) is 2.33. The Morgan fingerprint density at radius 2 is 2.00 bits per heavy atom. The molecule has 112 valence electrons. The molecule has 2 rings (SSSR count). The van der Waals surface area contributed by atoms with Crippen LogP contribution in [-0.4, -0.2) is 30.6 Å². The van der Waals surface area contributed by atoms with Crippen molar-refractivity contribution >= 4 is 0 Å². The molecule has 4 atom stereocenters. The number of rotatable bonds is 6. The highest BCUT2D eigenvalue weighted by Crippen LogP contribution is 2.41. The van der Waals surface area contributed by atoms with Crippen LogP contribution >= 0.6 is 0 Å². The molecule has 2 heteroatoms. The zero-order valence-electron chi connectivity index (χ0n) is 13.3. The second kappa shape index (κ2) is 6.58. The van der Waals surface area contributed by atoms with Crippen LogP contribution in [0.2, 0.25) is 0 Å². The van der Waals surface area contributed by atoms with Gasteiger partial charge in [-0.15, -0.1) is 0 Å². The first-order valence-electron chi connectivity index (χ1n) is 8.52. The van der Waals surface area contributed by atoms with Gasteiger partial charge in [0.05, 0.1) is 0 Å². The summed E-state index contributed by atoms with van der Waals surface area (Å²) in [6, 6.07) is 0. The molecule has 2 N–H and O–H groups in total. The zero-order valence-corrected chi connectivity index (χ0v) is 13.3. The first-order valence-corrected chi connectivity index (χ1v) is 8.52. The molecule has 2 aliphatic rings. The summed E-state index contributed by atoms with van der Waals surface area (Å²) in [6.07, 6.45) is 11.1. The van der Waals surface area contributed by atoms with Crippen LogP contribution in [0, 0.1) is 17.8 Å². The molecular formula is C17H34N2. The minimum Gasteiger partial charge on any atom is -0.329 e. The molecule has 19 heavy (non-hydrogen) atoms. The van der Waals surface area contributed by atoms with Crippen LogP contribution in [0.5, 0.6) is 0 Å². The molecule has 2 fully saturated rings. The van der Waals surface area contributed by atoms with E-state index in [1.165, 1.54) is 57.9 Å². The Hall–Kier alpha value is -0.0800. The molecule has 0 bridgehead atoms. The van der Waals surface area contributed by atoms with E-state index in [0.717, 1.165) is 24.3 Å². The average molecular weight is 266 g/mol. The van der Waals surface area contributed by atoms with Crippen molar-refractivity contribution < 1.29 is 0 Å². The molecule has 0 saturated heterocycles. The van der Waals surface area contributed by atoms with E-state index in [2.05, 4.69) is 25.8 Å². The van der Waals surface area contributed by atoms with Gasteiger partial charge in [-0.25, -0.2) is 0 Å². The van der Waals surface area contributed by atoms with Crippen LogP contribution in [0.15, 0.2) is 0 Å². The Morgan fingerprint density at radius 3 is 2.58 bits per heavy atom. The quantitative estimate of drug-likeness (QED) is 0.744. The van der Waals surface area contributed by atoms with Gasteiger partial charge >= 0.3 is 0 Å². The fourth-order valence-electron chi connectivity index (χ4n) is 4.10. The second-order valence-electron chi connectivity index (χ2n) is 7.37. The Labute approximate surface area is 120 Å². The monoisotopic (exact) mass is 266 g/mol. The summed E-state index contributed by atoms with van der Waals surface area (Å²) in [5.41, 5.74) is 6.53. The molecule has 0 heterocycles. The summed E-state index contributed by atoms with van der Waals surface area (Å²) in [4.78, 5) is 2.63. The van der Waals surface area contributed by atoms with E-state index >= 15 is 0 Å². The van der Waals surface area contributed by atoms with E-state index in [4.69, 9.17) is 5.73 Å². The second-order valence-corrected chi connectivity index (χ2v) is 7.37. The van der Waals surface area contributed by atoms with Gasteiger partial charge in [-0.05, 0) is 50.5 Å². The highest BCUT2D eigenvalue weighted by Gasteiger charge is 2.40. The summed E-state index contributed by atoms with van der Waals surface area (Å²) in [5, 5.41) is 0. The molecule has 0 amide bonds. The smallest absolute Gasteiger partial charge is 0.0328 e. The average Bonchev–Trinajstić information content (AvgIpc) is 3.12. The Kier molecular flexibility index (Phi) is 5.30. The van der Waals surface area contributed by atoms with Gasteiger partial charge in [-0.2, -0.15) is 0 Å². The minimum atomic E-state index is 0.310. The summed E-state index contributed by atoms with van der Waals surface area (Å²) >= 11 is 0. The Bertz CT molecular complexity index is 278. The third-order valence-corrected chi connectivity index (χ3v) is 5.94. The van der Waals surface area contributed by atoms with Gasteiger partial charge in [-0.3, -0.25) is 4.90 Å². The van der Waals surface area contributed by atoms with Crippen LogP contribution in [-0.2, 0) is 0 Å². The summed E-state index contributed by atoms with van der Waals surface area (Å²) in [6.45, 7) is 6.83. The fraction of sp³-hybridized carbons (Fsp3) is 1.00. The number of nitrogens with two attached hydrogens (primary N) is 1. The van der Waals surface area contributed by atoms with Crippen molar-refractivity contribution in [2.24, 2.45) is 23.5 Å². The van der Waals surface area contributed by atoms with Gasteiger partial charge in [-0.1, -0.05) is 39.5 Å². The highest BCUT2D eigenvalue weighted by molar-refractivity contribution is 4.96. The lowest BCUT2D eigenvalue weighted by Crippen LogP contribution is -2.52. The van der Waals surface area contributed by atoms with Gasteiger partial charge in [0.25, 0.3) is 0 Å². The lowest BCUT2D eigenvalue weighted by Gasteiger charge is -2.41. The summed E-state index contributed by atoms with van der Waals surface area (Å²) in [5.74, 6) is 2.87. The van der Waals surface area contributed by atoms with Gasteiger partial charge < -0.3 is 5.73 Å². The van der Waals surface area contributed by atoms with Crippen molar-refractivity contribution in [3.63, 3.8) is 0 Å². The molecule has 0 aromatic carbocycles. The van der Waals surface area contributed by atoms with Crippen molar-refractivity contribution in [1.82, 2.24) is 4.90 Å². The predicted molar refractivity (Wildman–Crippen MR) is 83.2 cm³/mol. The van der Waals surface area contributed by atoms with E-state index < -0.39 is 0 Å². The van der Waals surface area contributed by atoms with Gasteiger partial charge in [0.15, 0.2) is 0 Å². The zero-order chi connectivity index (χ0) is 13.9. The molecule has 0 aromatic heterocycles. The molecular weight excluding hydrogens is 232 g/mol. The fourth-order valence-corrected chi connectivity index (χ4v) is 4.10. The van der Waals surface area contributed by atoms with Crippen molar-refractivity contribution in [1.29, 1.82) is 0 Å². The highest BCUT2D eigenvalue weighted by atomic mass is 15.2. The first-order chi connectivity index (χ1) is 9.11. The normalized spacial score (nSPS) is 39.3. The largest absolute Gasteiger partial charge is 0.329 e. The van der Waals surface area contributed by atoms with Gasteiger partial charge in [0, 0.05) is 18.6 Å². The SMILES string of the molecule is CCCC1CCCC(CN)(N(C)CC2CC2C)CC1. The Morgan fingerprint density at radius 1 is 1.26 bits per heavy atom. The maximum atomic E-state index is 6.22. The molecule has 4 unspecified atom stereocenters. The third-order valence-electron chi connectivity index (χ3n) is 5.94. The van der Waals surface area contributed by atoms with E-state index in [1.807, 2.05) is 0 Å². The number of hydrogen-bond acceptors (Lipinski definition) is 2. The van der Waals surface area contributed by atoms with Crippen LogP contribution in [0.25, 0.3) is 0 Å². The maximum Gasteiger partial charge on any atom is 0.0328 e. The van der Waals surface area contributed by atoms with Gasteiger partial charge in [0.2, 0.25) is 0 Å². The van der Waals surface area contributed by atoms with Crippen molar-refractivity contribution in [2.45, 2.75) is 70.8 Å². The third kappa shape index (κ3) is 3.72. The number of hydrogen-bond donors (Lipinski definition) is 1. The predicted octanol–water partition coefficient (Wildman–Crippen LogP) is 3.65. The molecule has 0 aromatic rings. The lowest BCUT2D eigenvalue weighted by molar-refractivity contribution is 0.0992. The molecule has 2 aliphatic carbocycles. The van der Waals surface area contributed by atoms with E-state index in [9.17, 15) is 0 Å². The minimum absolute atomic E-state index is 0.310. The van der Waals surface area contributed by atoms with E-state index in [1.54, 1.807) is 0 Å². The van der Waals surface area contributed by atoms with Crippen LogP contribution in [0.4, 0.5) is 0 Å². The lowest BCUT2D eigenvalue weighted by atomic mass is 9.87. The summed E-state index contributed by atoms with van der Waals surface area (Å²) < 4.78 is 0. The van der Waals surface area contributed by atoms with Crippen LogP contribution in [0.1, 0.15) is 65.2 Å². The maximum absolute atomic E-state index is 6.22. The number of nitrogens with zero attached hydrogens (tertiary/aromatic N) is 1. The van der Waals surface area contributed by atoms with Crippen molar-refractivity contribution in [3.05, 3.63) is 0 Å². The molecule has 2 saturated carbocycles. The standard InChI is InChI=1S/C17H34N2/c1-4-6-15-7-5-9-17(13-18,10-8-15)19(3)12-16-11-14(16)2/h14-16H,4-13,18H2,1-3H3. The molecule has 0 radical (unpaired) electrons. The van der Waals surface area contributed by atoms with Crippen LogP contribution in [0.3, 0.4) is 0 Å². The topological polar surface area (TPSA) is 29.3 Å². The van der Waals surface area contributed by atoms with Crippen LogP contribution < -0.4 is 5.73 Å². The number of likely N-dealkylation sites (N-methyl/N-ethyl adjacent to an activating group) is 1. The van der Waals surface area contributed by atoms with E-state index in [-0.39, 0.29) is 0 Å². The van der Waals surface area contributed by atoms with E-state index in [0.29, 0.717) is 5.54 Å². The molecule has 0 aliphatic heterocycles. The Balaban J connectivity index is 1.92.